The maximum atomic E-state index is 8.65. The molecule has 0 fully saturated rings. The van der Waals surface area contributed by atoms with Gasteiger partial charge in [-0.15, -0.1) is 0 Å². The van der Waals surface area contributed by atoms with Crippen molar-refractivity contribution in [3.05, 3.63) is 72.3 Å². The Labute approximate surface area is 112 Å². The second-order valence-electron chi connectivity index (χ2n) is 4.31. The first-order valence-electron chi connectivity index (χ1n) is 6.09. The maximum Gasteiger partial charge on any atom is 0.115 e. The van der Waals surface area contributed by atoms with Gasteiger partial charge in [0, 0.05) is 0 Å². The predicted octanol–water partition coefficient (Wildman–Crippen LogP) is 4.25. The number of hydrogen-bond acceptors (Lipinski definition) is 2. The van der Waals surface area contributed by atoms with Crippen molar-refractivity contribution in [2.75, 3.05) is 0 Å². The third kappa shape index (κ3) is 3.49. The van der Waals surface area contributed by atoms with Crippen LogP contribution in [0, 0.1) is 6.92 Å². The van der Waals surface area contributed by atoms with Crippen LogP contribution in [0.3, 0.4) is 0 Å². The fourth-order valence-corrected chi connectivity index (χ4v) is 1.84. The molecule has 0 spiro atoms. The summed E-state index contributed by atoms with van der Waals surface area (Å²) in [6.45, 7) is 2.14. The zero-order chi connectivity index (χ0) is 13.7. The second-order valence-corrected chi connectivity index (χ2v) is 4.31. The molecule has 96 valence electrons. The van der Waals surface area contributed by atoms with Gasteiger partial charge in [0.2, 0.25) is 0 Å². The Morgan fingerprint density at radius 3 is 1.74 bits per heavy atom. The van der Waals surface area contributed by atoms with Gasteiger partial charge in [-0.2, -0.15) is 0 Å². The van der Waals surface area contributed by atoms with Crippen molar-refractivity contribution in [2.45, 2.75) is 6.92 Å². The van der Waals surface area contributed by atoms with E-state index in [1.165, 1.54) is 40.6 Å². The van der Waals surface area contributed by atoms with E-state index in [2.05, 4.69) is 49.4 Å². The summed E-state index contributed by atoms with van der Waals surface area (Å²) >= 11 is 0. The summed E-state index contributed by atoms with van der Waals surface area (Å²) in [7, 11) is 0. The number of rotatable bonds is 0. The first kappa shape index (κ1) is 13.0. The van der Waals surface area contributed by atoms with E-state index in [1.807, 2.05) is 0 Å². The molecule has 2 nitrogen and oxygen atoms in total. The lowest BCUT2D eigenvalue weighted by atomic mass is 10.1. The van der Waals surface area contributed by atoms with Crippen LogP contribution in [-0.4, -0.2) is 10.2 Å². The van der Waals surface area contributed by atoms with Gasteiger partial charge in [-0.05, 0) is 47.5 Å². The topological polar surface area (TPSA) is 40.5 Å². The molecule has 0 saturated heterocycles. The van der Waals surface area contributed by atoms with Crippen LogP contribution in [0.4, 0.5) is 0 Å². The van der Waals surface area contributed by atoms with Gasteiger partial charge in [-0.1, -0.05) is 42.5 Å². The number of aromatic hydroxyl groups is 2. The lowest BCUT2D eigenvalue weighted by Gasteiger charge is -1.98. The third-order valence-corrected chi connectivity index (χ3v) is 2.86. The van der Waals surface area contributed by atoms with Crippen LogP contribution in [0.5, 0.6) is 11.5 Å². The van der Waals surface area contributed by atoms with Crippen LogP contribution in [0.25, 0.3) is 10.8 Å². The van der Waals surface area contributed by atoms with Crippen molar-refractivity contribution < 1.29 is 10.2 Å². The fourth-order valence-electron chi connectivity index (χ4n) is 1.84. The molecular formula is C17H16O2. The SMILES string of the molecule is Cc1cccc2ccccc12.Oc1ccc(O)cc1. The van der Waals surface area contributed by atoms with Gasteiger partial charge in [0.05, 0.1) is 0 Å². The zero-order valence-corrected chi connectivity index (χ0v) is 10.7. The van der Waals surface area contributed by atoms with E-state index in [0.29, 0.717) is 0 Å². The van der Waals surface area contributed by atoms with Crippen molar-refractivity contribution in [2.24, 2.45) is 0 Å². The molecule has 0 aliphatic heterocycles. The van der Waals surface area contributed by atoms with Gasteiger partial charge < -0.3 is 10.2 Å². The standard InChI is InChI=1S/C11H10.C6H6O2/c1-9-5-4-7-10-6-2-3-8-11(9)10;7-5-1-2-6(8)4-3-5/h2-8H,1H3;1-4,7-8H. The van der Waals surface area contributed by atoms with E-state index in [0.717, 1.165) is 0 Å². The van der Waals surface area contributed by atoms with Crippen molar-refractivity contribution in [3.63, 3.8) is 0 Å². The Morgan fingerprint density at radius 2 is 1.16 bits per heavy atom. The molecule has 3 rings (SSSR count). The highest BCUT2D eigenvalue weighted by Crippen LogP contribution is 2.16. The summed E-state index contributed by atoms with van der Waals surface area (Å²) in [5.74, 6) is 0.339. The summed E-state index contributed by atoms with van der Waals surface area (Å²) in [6.07, 6.45) is 0. The molecule has 2 N–H and O–H groups in total. The van der Waals surface area contributed by atoms with Crippen molar-refractivity contribution in [1.82, 2.24) is 0 Å². The van der Waals surface area contributed by atoms with Crippen LogP contribution < -0.4 is 0 Å². The molecule has 0 radical (unpaired) electrons. The van der Waals surface area contributed by atoms with Gasteiger partial charge in [-0.25, -0.2) is 0 Å². The largest absolute Gasteiger partial charge is 0.508 e. The minimum Gasteiger partial charge on any atom is -0.508 e. The number of benzene rings is 3. The Bertz CT molecular complexity index is 631. The van der Waals surface area contributed by atoms with Gasteiger partial charge >= 0.3 is 0 Å². The van der Waals surface area contributed by atoms with Crippen LogP contribution in [-0.2, 0) is 0 Å². The van der Waals surface area contributed by atoms with E-state index in [-0.39, 0.29) is 11.5 Å². The predicted molar refractivity (Wildman–Crippen MR) is 78.5 cm³/mol. The van der Waals surface area contributed by atoms with Crippen molar-refractivity contribution in [3.8, 4) is 11.5 Å². The first-order valence-corrected chi connectivity index (χ1v) is 6.09. The van der Waals surface area contributed by atoms with Gasteiger partial charge in [0.15, 0.2) is 0 Å². The third-order valence-electron chi connectivity index (χ3n) is 2.86. The molecule has 0 atom stereocenters. The number of aryl methyl sites for hydroxylation is 1. The van der Waals surface area contributed by atoms with E-state index in [4.69, 9.17) is 10.2 Å². The molecule has 2 heteroatoms. The molecule has 19 heavy (non-hydrogen) atoms. The molecule has 0 aliphatic carbocycles. The molecule has 0 aromatic heterocycles. The Hall–Kier alpha value is -2.48. The van der Waals surface area contributed by atoms with Crippen molar-refractivity contribution >= 4 is 10.8 Å². The van der Waals surface area contributed by atoms with E-state index >= 15 is 0 Å². The normalized spacial score (nSPS) is 9.74. The smallest absolute Gasteiger partial charge is 0.115 e. The highest BCUT2D eigenvalue weighted by molar-refractivity contribution is 5.85. The lowest BCUT2D eigenvalue weighted by molar-refractivity contribution is 0.460. The Balaban J connectivity index is 0.000000148. The quantitative estimate of drug-likeness (QED) is 0.587. The molecule has 0 unspecified atom stereocenters. The lowest BCUT2D eigenvalue weighted by Crippen LogP contribution is -1.75. The molecule has 0 amide bonds. The highest BCUT2D eigenvalue weighted by Gasteiger charge is 1.92. The minimum absolute atomic E-state index is 0.169. The van der Waals surface area contributed by atoms with Gasteiger partial charge in [0.25, 0.3) is 0 Å². The summed E-state index contributed by atoms with van der Waals surface area (Å²) in [5.41, 5.74) is 1.35. The van der Waals surface area contributed by atoms with Crippen LogP contribution in [0.2, 0.25) is 0 Å². The van der Waals surface area contributed by atoms with Gasteiger partial charge in [-0.3, -0.25) is 0 Å². The van der Waals surface area contributed by atoms with Crippen molar-refractivity contribution in [1.29, 1.82) is 0 Å². The zero-order valence-electron chi connectivity index (χ0n) is 10.7. The molecule has 0 bridgehead atoms. The highest BCUT2D eigenvalue weighted by atomic mass is 16.3. The van der Waals surface area contributed by atoms with E-state index in [9.17, 15) is 0 Å². The van der Waals surface area contributed by atoms with Crippen LogP contribution >= 0.6 is 0 Å². The minimum atomic E-state index is 0.169. The molecule has 0 aliphatic rings. The van der Waals surface area contributed by atoms with Crippen LogP contribution in [0.1, 0.15) is 5.56 Å². The molecular weight excluding hydrogens is 236 g/mol. The van der Waals surface area contributed by atoms with E-state index < -0.39 is 0 Å². The number of hydrogen-bond donors (Lipinski definition) is 2. The number of phenolic OH excluding ortho intramolecular Hbond substituents is 2. The molecule has 0 heterocycles. The maximum absolute atomic E-state index is 8.65. The van der Waals surface area contributed by atoms with Gasteiger partial charge in [0.1, 0.15) is 11.5 Å². The Morgan fingerprint density at radius 1 is 0.632 bits per heavy atom. The number of fused-ring (bicyclic) bond motifs is 1. The van der Waals surface area contributed by atoms with Crippen LogP contribution in [0.15, 0.2) is 66.7 Å². The first-order chi connectivity index (χ1) is 9.16. The fraction of sp³-hybridized carbons (Fsp3) is 0.0588. The summed E-state index contributed by atoms with van der Waals surface area (Å²) in [6, 6.07) is 20.5. The average Bonchev–Trinajstić information content (AvgIpc) is 2.44. The molecule has 0 saturated carbocycles. The number of phenols is 2. The summed E-state index contributed by atoms with van der Waals surface area (Å²) in [4.78, 5) is 0. The molecule has 3 aromatic rings. The average molecular weight is 252 g/mol. The monoisotopic (exact) mass is 252 g/mol. The van der Waals surface area contributed by atoms with E-state index in [1.54, 1.807) is 0 Å². The second kappa shape index (κ2) is 5.91. The summed E-state index contributed by atoms with van der Waals surface area (Å²) in [5, 5.41) is 20.0. The molecule has 3 aromatic carbocycles. The summed E-state index contributed by atoms with van der Waals surface area (Å²) < 4.78 is 0. The Kier molecular flexibility index (Phi) is 4.04.